The first-order valence-corrected chi connectivity index (χ1v) is 7.65. The molecule has 124 valence electrons. The average molecular weight is 349 g/mol. The van der Waals surface area contributed by atoms with Gasteiger partial charge in [0.1, 0.15) is 5.82 Å². The maximum atomic E-state index is 13.1. The smallest absolute Gasteiger partial charge is 0.240 e. The first-order valence-electron chi connectivity index (χ1n) is 7.27. The fourth-order valence-corrected chi connectivity index (χ4v) is 3.27. The number of benzene rings is 1. The van der Waals surface area contributed by atoms with Gasteiger partial charge in [0.25, 0.3) is 0 Å². The van der Waals surface area contributed by atoms with E-state index >= 15 is 0 Å². The summed E-state index contributed by atoms with van der Waals surface area (Å²) in [6.07, 6.45) is 3.46. The number of halogens is 3. The Morgan fingerprint density at radius 1 is 1.41 bits per heavy atom. The Kier molecular flexibility index (Phi) is 6.25. The van der Waals surface area contributed by atoms with Gasteiger partial charge in [-0.2, -0.15) is 0 Å². The Labute approximate surface area is 142 Å². The van der Waals surface area contributed by atoms with Crippen molar-refractivity contribution in [3.63, 3.8) is 0 Å². The van der Waals surface area contributed by atoms with Crippen LogP contribution >= 0.6 is 24.0 Å². The third kappa shape index (κ3) is 4.12. The van der Waals surface area contributed by atoms with Crippen LogP contribution < -0.4 is 11.1 Å². The van der Waals surface area contributed by atoms with Crippen molar-refractivity contribution in [3.8, 4) is 0 Å². The molecule has 1 aromatic rings. The largest absolute Gasteiger partial charge is 0.354 e. The van der Waals surface area contributed by atoms with Crippen LogP contribution in [0.3, 0.4) is 0 Å². The predicted molar refractivity (Wildman–Crippen MR) is 90.1 cm³/mol. The molecule has 1 aliphatic rings. The molecule has 6 heteroatoms. The van der Waals surface area contributed by atoms with E-state index in [0.29, 0.717) is 11.6 Å². The van der Waals surface area contributed by atoms with Crippen molar-refractivity contribution in [2.75, 3.05) is 6.54 Å². The van der Waals surface area contributed by atoms with Crippen LogP contribution in [0.15, 0.2) is 18.2 Å². The third-order valence-electron chi connectivity index (χ3n) is 4.30. The summed E-state index contributed by atoms with van der Waals surface area (Å²) < 4.78 is 13.1. The Bertz CT molecular complexity index is 543. The lowest BCUT2D eigenvalue weighted by atomic mass is 9.84. The molecule has 1 aliphatic carbocycles. The van der Waals surface area contributed by atoms with Crippen molar-refractivity contribution in [2.24, 2.45) is 5.73 Å². The summed E-state index contributed by atoms with van der Waals surface area (Å²) in [4.78, 5) is 12.3. The number of nitrogens with one attached hydrogen (secondary N) is 1. The summed E-state index contributed by atoms with van der Waals surface area (Å²) in [6.45, 7) is 4.34. The van der Waals surface area contributed by atoms with Gasteiger partial charge in [-0.15, -0.1) is 12.4 Å². The van der Waals surface area contributed by atoms with E-state index < -0.39 is 11.0 Å². The van der Waals surface area contributed by atoms with E-state index in [1.165, 1.54) is 12.1 Å². The van der Waals surface area contributed by atoms with Crippen LogP contribution in [0.1, 0.15) is 45.1 Å². The van der Waals surface area contributed by atoms with Crippen LogP contribution in [0, 0.1) is 5.82 Å². The highest BCUT2D eigenvalue weighted by Crippen LogP contribution is 2.31. The molecule has 1 saturated carbocycles. The molecular formula is C16H23Cl2FN2O. The van der Waals surface area contributed by atoms with Gasteiger partial charge in [-0.3, -0.25) is 4.79 Å². The maximum Gasteiger partial charge on any atom is 0.240 e. The number of carbonyl (C=O) groups excluding carboxylic acids is 1. The van der Waals surface area contributed by atoms with Crippen molar-refractivity contribution >= 4 is 29.9 Å². The molecule has 3 nitrogen and oxygen atoms in total. The highest BCUT2D eigenvalue weighted by Gasteiger charge is 2.37. The van der Waals surface area contributed by atoms with Gasteiger partial charge in [0, 0.05) is 17.0 Å². The molecule has 22 heavy (non-hydrogen) atoms. The topological polar surface area (TPSA) is 55.1 Å². The lowest BCUT2D eigenvalue weighted by Crippen LogP contribution is -2.53. The first-order chi connectivity index (χ1) is 9.74. The SMILES string of the molecule is CC(C)(CNC(=O)C1(N)CCCC1)c1ccc(F)cc1Cl.Cl. The van der Waals surface area contributed by atoms with Gasteiger partial charge in [-0.25, -0.2) is 4.39 Å². The Balaban J connectivity index is 0.00000242. The molecule has 2 rings (SSSR count). The minimum absolute atomic E-state index is 0. The molecule has 0 unspecified atom stereocenters. The summed E-state index contributed by atoms with van der Waals surface area (Å²) in [5.74, 6) is -0.471. The molecule has 0 aliphatic heterocycles. The number of carbonyl (C=O) groups is 1. The average Bonchev–Trinajstić information content (AvgIpc) is 2.84. The molecular weight excluding hydrogens is 326 g/mol. The number of hydrogen-bond donors (Lipinski definition) is 2. The number of amides is 1. The Morgan fingerprint density at radius 2 is 2.00 bits per heavy atom. The fraction of sp³-hybridized carbons (Fsp3) is 0.562. The minimum atomic E-state index is -0.733. The number of nitrogens with two attached hydrogens (primary N) is 1. The van der Waals surface area contributed by atoms with Gasteiger partial charge in [-0.05, 0) is 30.5 Å². The highest BCUT2D eigenvalue weighted by molar-refractivity contribution is 6.31. The van der Waals surface area contributed by atoms with Crippen LogP contribution in [0.5, 0.6) is 0 Å². The maximum absolute atomic E-state index is 13.1. The van der Waals surface area contributed by atoms with E-state index in [9.17, 15) is 9.18 Å². The lowest BCUT2D eigenvalue weighted by molar-refractivity contribution is -0.126. The number of rotatable bonds is 4. The molecule has 1 fully saturated rings. The van der Waals surface area contributed by atoms with Gasteiger partial charge in [0.15, 0.2) is 0 Å². The van der Waals surface area contributed by atoms with Crippen molar-refractivity contribution in [1.29, 1.82) is 0 Å². The zero-order chi connectivity index (χ0) is 15.7. The second kappa shape index (κ2) is 7.16. The van der Waals surface area contributed by atoms with Gasteiger partial charge >= 0.3 is 0 Å². The van der Waals surface area contributed by atoms with Crippen molar-refractivity contribution in [2.45, 2.75) is 50.5 Å². The van der Waals surface area contributed by atoms with Gasteiger partial charge in [-0.1, -0.05) is 44.4 Å². The molecule has 0 saturated heterocycles. The standard InChI is InChI=1S/C16H22ClFN2O.ClH/c1-15(2,12-6-5-11(18)9-13(12)17)10-20-14(21)16(19)7-3-4-8-16;/h5-6,9H,3-4,7-8,10,19H2,1-2H3,(H,20,21);1H. The monoisotopic (exact) mass is 348 g/mol. The molecule has 0 radical (unpaired) electrons. The summed E-state index contributed by atoms with van der Waals surface area (Å²) in [5.41, 5.74) is 5.81. The summed E-state index contributed by atoms with van der Waals surface area (Å²) in [6, 6.07) is 4.34. The predicted octanol–water partition coefficient (Wildman–Crippen LogP) is 3.57. The van der Waals surface area contributed by atoms with Gasteiger partial charge < -0.3 is 11.1 Å². The molecule has 0 aromatic heterocycles. The Morgan fingerprint density at radius 3 is 2.55 bits per heavy atom. The summed E-state index contributed by atoms with van der Waals surface area (Å²) in [5, 5.41) is 3.30. The van der Waals surface area contributed by atoms with Crippen LogP contribution in [0.25, 0.3) is 0 Å². The van der Waals surface area contributed by atoms with Crippen molar-refractivity contribution in [1.82, 2.24) is 5.32 Å². The van der Waals surface area contributed by atoms with E-state index in [1.54, 1.807) is 6.07 Å². The van der Waals surface area contributed by atoms with E-state index in [2.05, 4.69) is 5.32 Å². The van der Waals surface area contributed by atoms with Crippen LogP contribution in [0.2, 0.25) is 5.02 Å². The lowest BCUT2D eigenvalue weighted by Gasteiger charge is -2.29. The number of hydrogen-bond acceptors (Lipinski definition) is 2. The molecule has 1 amide bonds. The van der Waals surface area contributed by atoms with E-state index in [-0.39, 0.29) is 24.1 Å². The normalized spacial score (nSPS) is 17.0. The van der Waals surface area contributed by atoms with Crippen LogP contribution in [0.4, 0.5) is 4.39 Å². The molecule has 0 spiro atoms. The van der Waals surface area contributed by atoms with Crippen LogP contribution in [-0.4, -0.2) is 18.0 Å². The fourth-order valence-electron chi connectivity index (χ4n) is 2.84. The molecule has 0 bridgehead atoms. The van der Waals surface area contributed by atoms with E-state index in [0.717, 1.165) is 31.2 Å². The summed E-state index contributed by atoms with van der Waals surface area (Å²) in [7, 11) is 0. The molecule has 1 aromatic carbocycles. The summed E-state index contributed by atoms with van der Waals surface area (Å²) >= 11 is 6.11. The Hall–Kier alpha value is -0.840. The van der Waals surface area contributed by atoms with E-state index in [1.807, 2.05) is 13.8 Å². The molecule has 0 heterocycles. The van der Waals surface area contributed by atoms with Gasteiger partial charge in [0.2, 0.25) is 5.91 Å². The first kappa shape index (κ1) is 19.2. The van der Waals surface area contributed by atoms with Gasteiger partial charge in [0.05, 0.1) is 5.54 Å². The zero-order valence-electron chi connectivity index (χ0n) is 12.9. The third-order valence-corrected chi connectivity index (χ3v) is 4.61. The highest BCUT2D eigenvalue weighted by atomic mass is 35.5. The minimum Gasteiger partial charge on any atom is -0.354 e. The van der Waals surface area contributed by atoms with Crippen molar-refractivity contribution in [3.05, 3.63) is 34.6 Å². The second-order valence-electron chi connectivity index (χ2n) is 6.55. The molecule has 0 atom stereocenters. The van der Waals surface area contributed by atoms with Crippen molar-refractivity contribution < 1.29 is 9.18 Å². The second-order valence-corrected chi connectivity index (χ2v) is 6.96. The molecule has 3 N–H and O–H groups in total. The quantitative estimate of drug-likeness (QED) is 0.873. The van der Waals surface area contributed by atoms with E-state index in [4.69, 9.17) is 17.3 Å². The van der Waals surface area contributed by atoms with Crippen LogP contribution in [-0.2, 0) is 10.2 Å². The zero-order valence-corrected chi connectivity index (χ0v) is 14.5.